The van der Waals surface area contributed by atoms with Gasteiger partial charge in [0, 0.05) is 31.8 Å². The highest BCUT2D eigenvalue weighted by Gasteiger charge is 2.35. The molecule has 0 radical (unpaired) electrons. The lowest BCUT2D eigenvalue weighted by atomic mass is 9.93. The quantitative estimate of drug-likeness (QED) is 0.265. The predicted octanol–water partition coefficient (Wildman–Crippen LogP) is 4.37. The van der Waals surface area contributed by atoms with E-state index in [0.29, 0.717) is 43.7 Å². The SMILES string of the molecule is CCOC(=O)C1=C(c2ccccc2)N=c2s/c(=C/c3cc(Br)c(N(C)C)o3)c(=O)n2[C@H]1c1ccc(OC)c(OC)c1. The molecule has 5 rings (SSSR count). The van der Waals surface area contributed by atoms with Gasteiger partial charge < -0.3 is 23.5 Å². The molecular formula is C30H28BrN3O6S. The van der Waals surface area contributed by atoms with Crippen LogP contribution in [0.4, 0.5) is 5.88 Å². The molecule has 0 saturated carbocycles. The number of aromatic nitrogens is 1. The molecule has 41 heavy (non-hydrogen) atoms. The third-order valence-electron chi connectivity index (χ3n) is 6.46. The van der Waals surface area contributed by atoms with E-state index < -0.39 is 12.0 Å². The van der Waals surface area contributed by atoms with Gasteiger partial charge in [-0.05, 0) is 40.5 Å². The molecule has 0 aliphatic carbocycles. The third kappa shape index (κ3) is 5.34. The monoisotopic (exact) mass is 637 g/mol. The van der Waals surface area contributed by atoms with E-state index in [2.05, 4.69) is 15.9 Å². The highest BCUT2D eigenvalue weighted by atomic mass is 79.9. The zero-order valence-corrected chi connectivity index (χ0v) is 25.5. The van der Waals surface area contributed by atoms with Crippen LogP contribution in [0, 0.1) is 0 Å². The van der Waals surface area contributed by atoms with E-state index in [4.69, 9.17) is 23.6 Å². The first kappa shape index (κ1) is 28.4. The van der Waals surface area contributed by atoms with Crippen molar-refractivity contribution in [1.82, 2.24) is 4.57 Å². The molecule has 0 unspecified atom stereocenters. The lowest BCUT2D eigenvalue weighted by Gasteiger charge is -2.26. The van der Waals surface area contributed by atoms with Crippen molar-refractivity contribution in [2.75, 3.05) is 39.8 Å². The lowest BCUT2D eigenvalue weighted by molar-refractivity contribution is -0.138. The largest absolute Gasteiger partial charge is 0.493 e. The summed E-state index contributed by atoms with van der Waals surface area (Å²) in [5.41, 5.74) is 1.73. The second kappa shape index (κ2) is 11.8. The average molecular weight is 639 g/mol. The zero-order chi connectivity index (χ0) is 29.3. The van der Waals surface area contributed by atoms with Gasteiger partial charge in [-0.2, -0.15) is 0 Å². The molecule has 4 aromatic rings. The summed E-state index contributed by atoms with van der Waals surface area (Å²) in [6, 6.07) is 15.7. The highest BCUT2D eigenvalue weighted by molar-refractivity contribution is 9.10. The van der Waals surface area contributed by atoms with E-state index in [-0.39, 0.29) is 17.7 Å². The fraction of sp³-hybridized carbons (Fsp3) is 0.233. The highest BCUT2D eigenvalue weighted by Crippen LogP contribution is 2.38. The van der Waals surface area contributed by atoms with Crippen LogP contribution < -0.4 is 29.3 Å². The Balaban J connectivity index is 1.82. The maximum atomic E-state index is 14.1. The summed E-state index contributed by atoms with van der Waals surface area (Å²) in [5.74, 6) is 1.55. The topological polar surface area (TPSA) is 95.5 Å². The summed E-state index contributed by atoms with van der Waals surface area (Å²) in [6.45, 7) is 1.90. The average Bonchev–Trinajstić information content (AvgIpc) is 3.50. The van der Waals surface area contributed by atoms with Gasteiger partial charge in [-0.1, -0.05) is 47.7 Å². The number of halogens is 1. The van der Waals surface area contributed by atoms with E-state index >= 15 is 0 Å². The van der Waals surface area contributed by atoms with Crippen LogP contribution in [0.3, 0.4) is 0 Å². The van der Waals surface area contributed by atoms with Crippen LogP contribution in [-0.2, 0) is 9.53 Å². The molecular weight excluding hydrogens is 610 g/mol. The smallest absolute Gasteiger partial charge is 0.338 e. The van der Waals surface area contributed by atoms with Crippen LogP contribution >= 0.6 is 27.3 Å². The fourth-order valence-corrected chi connectivity index (χ4v) is 6.30. The maximum absolute atomic E-state index is 14.1. The van der Waals surface area contributed by atoms with Crippen molar-refractivity contribution in [3.05, 3.63) is 101 Å². The first-order valence-corrected chi connectivity index (χ1v) is 14.3. The molecule has 1 atom stereocenters. The molecule has 2 aromatic carbocycles. The number of thiazole rings is 1. The first-order valence-electron chi connectivity index (χ1n) is 12.7. The Morgan fingerprint density at radius 2 is 1.85 bits per heavy atom. The number of carbonyl (C=O) groups excluding carboxylic acids is 1. The molecule has 0 fully saturated rings. The molecule has 0 saturated heterocycles. The number of methoxy groups -OCH3 is 2. The molecule has 9 nitrogen and oxygen atoms in total. The summed E-state index contributed by atoms with van der Waals surface area (Å²) >= 11 is 4.73. The Bertz CT molecular complexity index is 1820. The molecule has 212 valence electrons. The summed E-state index contributed by atoms with van der Waals surface area (Å²) < 4.78 is 25.2. The van der Waals surface area contributed by atoms with Crippen LogP contribution in [0.25, 0.3) is 11.8 Å². The van der Waals surface area contributed by atoms with Crippen LogP contribution in [0.1, 0.15) is 29.9 Å². The second-order valence-electron chi connectivity index (χ2n) is 9.24. The molecule has 0 spiro atoms. The van der Waals surface area contributed by atoms with E-state index in [0.717, 1.165) is 10.0 Å². The van der Waals surface area contributed by atoms with Crippen LogP contribution in [0.15, 0.2) is 78.8 Å². The Kier molecular flexibility index (Phi) is 8.18. The van der Waals surface area contributed by atoms with Crippen molar-refractivity contribution in [3.63, 3.8) is 0 Å². The van der Waals surface area contributed by atoms with Crippen LogP contribution in [0.5, 0.6) is 11.5 Å². The van der Waals surface area contributed by atoms with Crippen LogP contribution in [0.2, 0.25) is 0 Å². The van der Waals surface area contributed by atoms with Gasteiger partial charge in [-0.25, -0.2) is 9.79 Å². The Labute approximate surface area is 248 Å². The van der Waals surface area contributed by atoms with Crippen molar-refractivity contribution >= 4 is 50.9 Å². The number of furan rings is 1. The van der Waals surface area contributed by atoms with Gasteiger partial charge in [0.15, 0.2) is 16.3 Å². The Morgan fingerprint density at radius 3 is 2.49 bits per heavy atom. The van der Waals surface area contributed by atoms with Gasteiger partial charge >= 0.3 is 5.97 Å². The standard InChI is InChI=1S/C30H28BrN3O6S/c1-6-39-29(36)24-25(17-10-8-7-9-11-17)32-30-34(26(24)18-12-13-21(37-4)22(14-18)38-5)27(35)23(41-30)16-19-15-20(31)28(40-19)33(2)3/h7-16,26H,6H2,1-5H3/b23-16+/t26-/m0/s1. The molecule has 1 aliphatic rings. The number of hydrogen-bond donors (Lipinski definition) is 0. The number of esters is 1. The molecule has 0 bridgehead atoms. The first-order chi connectivity index (χ1) is 19.8. The van der Waals surface area contributed by atoms with Crippen molar-refractivity contribution in [3.8, 4) is 11.5 Å². The number of rotatable bonds is 8. The number of fused-ring (bicyclic) bond motifs is 1. The van der Waals surface area contributed by atoms with Gasteiger partial charge in [-0.3, -0.25) is 9.36 Å². The van der Waals surface area contributed by atoms with Crippen molar-refractivity contribution < 1.29 is 23.4 Å². The van der Waals surface area contributed by atoms with Gasteiger partial charge in [0.2, 0.25) is 5.88 Å². The van der Waals surface area contributed by atoms with Crippen molar-refractivity contribution in [1.29, 1.82) is 0 Å². The summed E-state index contributed by atoms with van der Waals surface area (Å²) in [4.78, 5) is 34.8. The molecule has 2 aromatic heterocycles. The van der Waals surface area contributed by atoms with Gasteiger partial charge in [-0.15, -0.1) is 0 Å². The Morgan fingerprint density at radius 1 is 1.12 bits per heavy atom. The molecule has 0 N–H and O–H groups in total. The molecule has 1 aliphatic heterocycles. The lowest BCUT2D eigenvalue weighted by Crippen LogP contribution is -2.40. The maximum Gasteiger partial charge on any atom is 0.338 e. The van der Waals surface area contributed by atoms with Gasteiger partial charge in [0.1, 0.15) is 5.76 Å². The summed E-state index contributed by atoms with van der Waals surface area (Å²) in [5, 5.41) is 0. The van der Waals surface area contributed by atoms with Crippen LogP contribution in [-0.4, -0.2) is 45.5 Å². The number of hydrogen-bond acceptors (Lipinski definition) is 9. The number of benzene rings is 2. The number of carbonyl (C=O) groups is 1. The molecule has 11 heteroatoms. The van der Waals surface area contributed by atoms with Gasteiger partial charge in [0.25, 0.3) is 5.56 Å². The number of nitrogens with zero attached hydrogens (tertiary/aromatic N) is 3. The van der Waals surface area contributed by atoms with Crippen molar-refractivity contribution in [2.24, 2.45) is 4.99 Å². The molecule has 0 amide bonds. The number of ether oxygens (including phenoxy) is 3. The van der Waals surface area contributed by atoms with Crippen molar-refractivity contribution in [2.45, 2.75) is 13.0 Å². The minimum Gasteiger partial charge on any atom is -0.493 e. The molecule has 3 heterocycles. The predicted molar refractivity (Wildman–Crippen MR) is 161 cm³/mol. The van der Waals surface area contributed by atoms with E-state index in [9.17, 15) is 9.59 Å². The number of anilines is 1. The normalized spacial score (nSPS) is 14.9. The summed E-state index contributed by atoms with van der Waals surface area (Å²) in [7, 11) is 6.82. The third-order valence-corrected chi connectivity index (χ3v) is 8.02. The zero-order valence-electron chi connectivity index (χ0n) is 23.1. The van der Waals surface area contributed by atoms with E-state index in [1.165, 1.54) is 23.0 Å². The summed E-state index contributed by atoms with van der Waals surface area (Å²) in [6.07, 6.45) is 1.68. The minimum absolute atomic E-state index is 0.162. The Hall–Kier alpha value is -4.09. The second-order valence-corrected chi connectivity index (χ2v) is 11.1. The fourth-order valence-electron chi connectivity index (χ4n) is 4.66. The van der Waals surface area contributed by atoms with E-state index in [1.54, 1.807) is 38.3 Å². The van der Waals surface area contributed by atoms with Gasteiger partial charge in [0.05, 0.1) is 47.1 Å². The van der Waals surface area contributed by atoms with E-state index in [1.807, 2.05) is 55.4 Å². The minimum atomic E-state index is -0.844.